The van der Waals surface area contributed by atoms with Crippen molar-refractivity contribution in [3.05, 3.63) is 34.3 Å². The average molecular weight is 300 g/mol. The minimum absolute atomic E-state index is 0.219. The SMILES string of the molecule is NC(=O)COc1ccc(Br)c(/C=C/C(=O)O)c1. The van der Waals surface area contributed by atoms with Gasteiger partial charge in [0.15, 0.2) is 6.61 Å². The number of hydrogen-bond acceptors (Lipinski definition) is 3. The van der Waals surface area contributed by atoms with Crippen molar-refractivity contribution < 1.29 is 19.4 Å². The van der Waals surface area contributed by atoms with Crippen molar-refractivity contribution in [1.82, 2.24) is 0 Å². The molecule has 0 aliphatic heterocycles. The van der Waals surface area contributed by atoms with E-state index in [4.69, 9.17) is 15.6 Å². The molecule has 0 atom stereocenters. The van der Waals surface area contributed by atoms with Crippen molar-refractivity contribution >= 4 is 33.9 Å². The predicted octanol–water partition coefficient (Wildman–Crippen LogP) is 1.41. The second-order valence-corrected chi connectivity index (χ2v) is 3.96. The van der Waals surface area contributed by atoms with Crippen LogP contribution in [0.5, 0.6) is 5.75 Å². The number of hydrogen-bond donors (Lipinski definition) is 2. The minimum atomic E-state index is -1.04. The fourth-order valence-electron chi connectivity index (χ4n) is 1.05. The molecular weight excluding hydrogens is 290 g/mol. The molecule has 5 nitrogen and oxygen atoms in total. The molecule has 0 saturated heterocycles. The Balaban J connectivity index is 2.86. The Labute approximate surface area is 106 Å². The number of carboxylic acids is 1. The normalized spacial score (nSPS) is 10.4. The Morgan fingerprint density at radius 2 is 2.18 bits per heavy atom. The summed E-state index contributed by atoms with van der Waals surface area (Å²) >= 11 is 3.27. The molecule has 0 fully saturated rings. The van der Waals surface area contributed by atoms with Crippen LogP contribution in [0.4, 0.5) is 0 Å². The van der Waals surface area contributed by atoms with Crippen LogP contribution in [0.1, 0.15) is 5.56 Å². The highest BCUT2D eigenvalue weighted by atomic mass is 79.9. The van der Waals surface area contributed by atoms with E-state index in [1.165, 1.54) is 6.08 Å². The van der Waals surface area contributed by atoms with Gasteiger partial charge in [0.1, 0.15) is 5.75 Å². The highest BCUT2D eigenvalue weighted by Crippen LogP contribution is 2.23. The van der Waals surface area contributed by atoms with E-state index in [0.29, 0.717) is 11.3 Å². The molecule has 0 aliphatic carbocycles. The molecule has 0 saturated carbocycles. The van der Waals surface area contributed by atoms with Gasteiger partial charge in [0.2, 0.25) is 0 Å². The molecule has 3 N–H and O–H groups in total. The first-order chi connectivity index (χ1) is 7.99. The molecule has 0 heterocycles. The lowest BCUT2D eigenvalue weighted by Gasteiger charge is -2.05. The van der Waals surface area contributed by atoms with Crippen LogP contribution >= 0.6 is 15.9 Å². The Hall–Kier alpha value is -1.82. The number of primary amides is 1. The molecule has 1 aromatic carbocycles. The third kappa shape index (κ3) is 4.69. The smallest absolute Gasteiger partial charge is 0.328 e. The summed E-state index contributed by atoms with van der Waals surface area (Å²) in [5.41, 5.74) is 5.58. The number of rotatable bonds is 5. The highest BCUT2D eigenvalue weighted by Gasteiger charge is 2.02. The molecule has 6 heteroatoms. The molecule has 1 aromatic rings. The van der Waals surface area contributed by atoms with E-state index in [2.05, 4.69) is 15.9 Å². The Kier molecular flexibility index (Phi) is 4.71. The fraction of sp³-hybridized carbons (Fsp3) is 0.0909. The summed E-state index contributed by atoms with van der Waals surface area (Å²) in [6.45, 7) is -0.219. The van der Waals surface area contributed by atoms with Crippen molar-refractivity contribution in [3.63, 3.8) is 0 Å². The van der Waals surface area contributed by atoms with Crippen LogP contribution in [-0.2, 0) is 9.59 Å². The van der Waals surface area contributed by atoms with Crippen LogP contribution < -0.4 is 10.5 Å². The first-order valence-electron chi connectivity index (χ1n) is 4.60. The van der Waals surface area contributed by atoms with Crippen molar-refractivity contribution in [2.45, 2.75) is 0 Å². The molecule has 17 heavy (non-hydrogen) atoms. The third-order valence-electron chi connectivity index (χ3n) is 1.75. The van der Waals surface area contributed by atoms with Gasteiger partial charge in [-0.2, -0.15) is 0 Å². The number of carboxylic acid groups (broad SMARTS) is 1. The first kappa shape index (κ1) is 13.2. The number of halogens is 1. The van der Waals surface area contributed by atoms with E-state index in [9.17, 15) is 9.59 Å². The maximum absolute atomic E-state index is 10.5. The summed E-state index contributed by atoms with van der Waals surface area (Å²) in [4.78, 5) is 20.9. The standard InChI is InChI=1S/C11H10BrNO4/c12-9-3-2-8(17-6-10(13)14)5-7(9)1-4-11(15)16/h1-5H,6H2,(H2,13,14)(H,15,16)/b4-1+. The highest BCUT2D eigenvalue weighted by molar-refractivity contribution is 9.10. The van der Waals surface area contributed by atoms with Crippen molar-refractivity contribution in [3.8, 4) is 5.75 Å². The van der Waals surface area contributed by atoms with E-state index >= 15 is 0 Å². The maximum atomic E-state index is 10.5. The lowest BCUT2D eigenvalue weighted by molar-refractivity contribution is -0.131. The number of aliphatic carboxylic acids is 1. The largest absolute Gasteiger partial charge is 0.484 e. The van der Waals surface area contributed by atoms with E-state index in [1.807, 2.05) is 0 Å². The maximum Gasteiger partial charge on any atom is 0.328 e. The summed E-state index contributed by atoms with van der Waals surface area (Å²) in [6, 6.07) is 4.94. The molecule has 90 valence electrons. The van der Waals surface area contributed by atoms with Crippen LogP contribution in [0, 0.1) is 0 Å². The number of carbonyl (C=O) groups excluding carboxylic acids is 1. The zero-order valence-corrected chi connectivity index (χ0v) is 10.3. The number of benzene rings is 1. The van der Waals surface area contributed by atoms with Gasteiger partial charge in [-0.3, -0.25) is 4.79 Å². The lowest BCUT2D eigenvalue weighted by atomic mass is 10.2. The second kappa shape index (κ2) is 6.05. The predicted molar refractivity (Wildman–Crippen MR) is 65.5 cm³/mol. The zero-order chi connectivity index (χ0) is 12.8. The van der Waals surface area contributed by atoms with Crippen molar-refractivity contribution in [2.24, 2.45) is 5.73 Å². The number of nitrogens with two attached hydrogens (primary N) is 1. The van der Waals surface area contributed by atoms with E-state index < -0.39 is 11.9 Å². The number of amides is 1. The summed E-state index contributed by atoms with van der Waals surface area (Å²) in [5, 5.41) is 8.52. The monoisotopic (exact) mass is 299 g/mol. The Morgan fingerprint density at radius 1 is 1.47 bits per heavy atom. The third-order valence-corrected chi connectivity index (χ3v) is 2.48. The van der Waals surface area contributed by atoms with Gasteiger partial charge in [-0.15, -0.1) is 0 Å². The molecule has 0 unspecified atom stereocenters. The van der Waals surface area contributed by atoms with Gasteiger partial charge in [-0.25, -0.2) is 4.79 Å². The molecule has 0 aromatic heterocycles. The number of carbonyl (C=O) groups is 2. The van der Waals surface area contributed by atoms with E-state index in [1.54, 1.807) is 18.2 Å². The van der Waals surface area contributed by atoms with E-state index in [0.717, 1.165) is 10.5 Å². The van der Waals surface area contributed by atoms with Crippen LogP contribution in [0.3, 0.4) is 0 Å². The van der Waals surface area contributed by atoms with E-state index in [-0.39, 0.29) is 6.61 Å². The van der Waals surface area contributed by atoms with Gasteiger partial charge in [0.25, 0.3) is 5.91 Å². The van der Waals surface area contributed by atoms with Crippen molar-refractivity contribution in [1.29, 1.82) is 0 Å². The summed E-state index contributed by atoms with van der Waals surface area (Å²) in [6.07, 6.45) is 2.43. The van der Waals surface area contributed by atoms with Gasteiger partial charge in [-0.1, -0.05) is 15.9 Å². The van der Waals surface area contributed by atoms with Gasteiger partial charge in [0, 0.05) is 10.5 Å². The zero-order valence-electron chi connectivity index (χ0n) is 8.72. The Morgan fingerprint density at radius 3 is 2.76 bits per heavy atom. The summed E-state index contributed by atoms with van der Waals surface area (Å²) in [7, 11) is 0. The van der Waals surface area contributed by atoms with Crippen LogP contribution in [0.25, 0.3) is 6.08 Å². The van der Waals surface area contributed by atoms with Gasteiger partial charge < -0.3 is 15.6 Å². The van der Waals surface area contributed by atoms with Crippen LogP contribution in [0.2, 0.25) is 0 Å². The molecule has 0 radical (unpaired) electrons. The van der Waals surface area contributed by atoms with Crippen LogP contribution in [-0.4, -0.2) is 23.6 Å². The molecule has 0 aliphatic rings. The first-order valence-corrected chi connectivity index (χ1v) is 5.40. The van der Waals surface area contributed by atoms with Crippen LogP contribution in [0.15, 0.2) is 28.7 Å². The lowest BCUT2D eigenvalue weighted by Crippen LogP contribution is -2.20. The molecule has 0 spiro atoms. The van der Waals surface area contributed by atoms with Crippen molar-refractivity contribution in [2.75, 3.05) is 6.61 Å². The Bertz CT molecular complexity index is 471. The van der Waals surface area contributed by atoms with Gasteiger partial charge in [-0.05, 0) is 29.8 Å². The molecule has 0 bridgehead atoms. The summed E-state index contributed by atoms with van der Waals surface area (Å²) < 4.78 is 5.82. The second-order valence-electron chi connectivity index (χ2n) is 3.11. The molecular formula is C11H10BrNO4. The average Bonchev–Trinajstić information content (AvgIpc) is 2.26. The fourth-order valence-corrected chi connectivity index (χ4v) is 1.43. The van der Waals surface area contributed by atoms with Gasteiger partial charge >= 0.3 is 5.97 Å². The molecule has 1 amide bonds. The topological polar surface area (TPSA) is 89.6 Å². The van der Waals surface area contributed by atoms with Gasteiger partial charge in [0.05, 0.1) is 0 Å². The molecule has 1 rings (SSSR count). The quantitative estimate of drug-likeness (QED) is 0.805. The number of ether oxygens (including phenoxy) is 1. The summed E-state index contributed by atoms with van der Waals surface area (Å²) in [5.74, 6) is -1.17. The minimum Gasteiger partial charge on any atom is -0.484 e.